The molecule has 1 aromatic heterocycles. The summed E-state index contributed by atoms with van der Waals surface area (Å²) in [5, 5.41) is 26.6. The first kappa shape index (κ1) is 28.9. The van der Waals surface area contributed by atoms with E-state index in [0.29, 0.717) is 11.1 Å². The molecule has 0 spiro atoms. The van der Waals surface area contributed by atoms with Crippen molar-refractivity contribution < 1.29 is 34.2 Å². The third-order valence-electron chi connectivity index (χ3n) is 6.11. The highest BCUT2D eigenvalue weighted by Crippen LogP contribution is 2.19. The van der Waals surface area contributed by atoms with Gasteiger partial charge in [-0.05, 0) is 24.1 Å². The van der Waals surface area contributed by atoms with E-state index in [-0.39, 0.29) is 12.8 Å². The molecule has 8 N–H and O–H groups in total. The van der Waals surface area contributed by atoms with Crippen LogP contribution in [-0.2, 0) is 36.8 Å². The number of hydrogen-bond donors (Lipinski definition) is 7. The molecule has 206 valence electrons. The van der Waals surface area contributed by atoms with Gasteiger partial charge in [0.2, 0.25) is 17.7 Å². The number of fused-ring (bicyclic) bond motifs is 1. The van der Waals surface area contributed by atoms with Crippen molar-refractivity contribution in [1.82, 2.24) is 20.9 Å². The standard InChI is InChI=1S/C27H31N5O7/c1-15(27(38)39)30-25(36)22(12-17-14-29-20-10-6-5-9-18(17)20)32-26(37)21(11-16-7-3-2-4-8-16)31-24(35)19(28)13-23(33)34/h2-10,14-15,19,21-22,29H,11-13,28H2,1H3,(H,30,36)(H,31,35)(H,32,37)(H,33,34)(H,38,39). The predicted octanol–water partition coefficient (Wildman–Crippen LogP) is 0.314. The number of nitrogens with one attached hydrogen (secondary N) is 4. The highest BCUT2D eigenvalue weighted by atomic mass is 16.4. The van der Waals surface area contributed by atoms with E-state index in [9.17, 15) is 29.1 Å². The Morgan fingerprint density at radius 1 is 0.821 bits per heavy atom. The largest absolute Gasteiger partial charge is 0.481 e. The first-order valence-corrected chi connectivity index (χ1v) is 12.3. The van der Waals surface area contributed by atoms with Crippen molar-refractivity contribution in [3.05, 3.63) is 71.9 Å². The average Bonchev–Trinajstić information content (AvgIpc) is 3.30. The minimum absolute atomic E-state index is 0.0262. The molecule has 0 saturated heterocycles. The Morgan fingerprint density at radius 2 is 1.41 bits per heavy atom. The summed E-state index contributed by atoms with van der Waals surface area (Å²) in [6.07, 6.45) is 1.12. The van der Waals surface area contributed by atoms with Gasteiger partial charge in [0, 0.05) is 29.9 Å². The van der Waals surface area contributed by atoms with Gasteiger partial charge in [0.1, 0.15) is 18.1 Å². The van der Waals surface area contributed by atoms with Gasteiger partial charge in [-0.1, -0.05) is 48.5 Å². The number of para-hydroxylation sites is 1. The van der Waals surface area contributed by atoms with Gasteiger partial charge in [-0.15, -0.1) is 0 Å². The molecule has 0 aliphatic rings. The van der Waals surface area contributed by atoms with Crippen molar-refractivity contribution >= 4 is 40.6 Å². The van der Waals surface area contributed by atoms with E-state index in [0.717, 1.165) is 10.9 Å². The molecule has 12 nitrogen and oxygen atoms in total. The number of hydrogen-bond acceptors (Lipinski definition) is 6. The number of carboxylic acid groups (broad SMARTS) is 2. The number of H-pyrrole nitrogens is 1. The van der Waals surface area contributed by atoms with Crippen molar-refractivity contribution in [3.8, 4) is 0 Å². The number of aromatic nitrogens is 1. The number of amides is 3. The molecule has 0 radical (unpaired) electrons. The van der Waals surface area contributed by atoms with Gasteiger partial charge in [0.25, 0.3) is 0 Å². The van der Waals surface area contributed by atoms with Crippen LogP contribution in [-0.4, -0.2) is 69.0 Å². The summed E-state index contributed by atoms with van der Waals surface area (Å²) in [6, 6.07) is 11.1. The molecule has 0 saturated carbocycles. The number of benzene rings is 2. The van der Waals surface area contributed by atoms with Gasteiger partial charge in [-0.25, -0.2) is 0 Å². The number of rotatable bonds is 13. The molecule has 4 unspecified atom stereocenters. The summed E-state index contributed by atoms with van der Waals surface area (Å²) in [6.45, 7) is 1.30. The molecule has 0 aliphatic heterocycles. The summed E-state index contributed by atoms with van der Waals surface area (Å²) in [5.41, 5.74) is 7.91. The molecule has 4 atom stereocenters. The fraction of sp³-hybridized carbons (Fsp3) is 0.296. The second kappa shape index (κ2) is 13.2. The van der Waals surface area contributed by atoms with Gasteiger partial charge in [0.15, 0.2) is 0 Å². The van der Waals surface area contributed by atoms with Gasteiger partial charge in [-0.2, -0.15) is 0 Å². The van der Waals surface area contributed by atoms with E-state index >= 15 is 0 Å². The zero-order valence-electron chi connectivity index (χ0n) is 21.2. The zero-order valence-corrected chi connectivity index (χ0v) is 21.2. The van der Waals surface area contributed by atoms with Crippen LogP contribution in [0.4, 0.5) is 0 Å². The number of aromatic amines is 1. The first-order valence-electron chi connectivity index (χ1n) is 12.3. The molecule has 39 heavy (non-hydrogen) atoms. The lowest BCUT2D eigenvalue weighted by Gasteiger charge is -2.25. The summed E-state index contributed by atoms with van der Waals surface area (Å²) >= 11 is 0. The second-order valence-corrected chi connectivity index (χ2v) is 9.15. The molecule has 0 fully saturated rings. The third kappa shape index (κ3) is 8.14. The van der Waals surface area contributed by atoms with E-state index in [1.807, 2.05) is 24.3 Å². The molecule has 3 rings (SSSR count). The molecular weight excluding hydrogens is 506 g/mol. The average molecular weight is 538 g/mol. The van der Waals surface area contributed by atoms with Crippen LogP contribution in [0.15, 0.2) is 60.8 Å². The fourth-order valence-electron chi connectivity index (χ4n) is 4.00. The first-order chi connectivity index (χ1) is 18.5. The Balaban J connectivity index is 1.87. The number of aliphatic carboxylic acids is 2. The Bertz CT molecular complexity index is 1340. The van der Waals surface area contributed by atoms with Crippen LogP contribution in [0, 0.1) is 0 Å². The number of carbonyl (C=O) groups excluding carboxylic acids is 3. The number of carbonyl (C=O) groups is 5. The number of nitrogens with two attached hydrogens (primary N) is 1. The second-order valence-electron chi connectivity index (χ2n) is 9.15. The Kier molecular flexibility index (Phi) is 9.76. The summed E-state index contributed by atoms with van der Waals surface area (Å²) in [5.74, 6) is -4.81. The zero-order chi connectivity index (χ0) is 28.5. The molecule has 0 aliphatic carbocycles. The van der Waals surface area contributed by atoms with Gasteiger partial charge >= 0.3 is 11.9 Å². The minimum Gasteiger partial charge on any atom is -0.481 e. The van der Waals surface area contributed by atoms with E-state index in [4.69, 9.17) is 10.8 Å². The maximum atomic E-state index is 13.5. The summed E-state index contributed by atoms with van der Waals surface area (Å²) < 4.78 is 0. The molecule has 12 heteroatoms. The Hall–Kier alpha value is -4.71. The normalized spacial score (nSPS) is 14.0. The smallest absolute Gasteiger partial charge is 0.325 e. The molecule has 3 aromatic rings. The van der Waals surface area contributed by atoms with Crippen molar-refractivity contribution in [2.45, 2.75) is 50.4 Å². The summed E-state index contributed by atoms with van der Waals surface area (Å²) in [4.78, 5) is 64.6. The van der Waals surface area contributed by atoms with Crippen LogP contribution < -0.4 is 21.7 Å². The highest BCUT2D eigenvalue weighted by Gasteiger charge is 2.30. The fourth-order valence-corrected chi connectivity index (χ4v) is 4.00. The minimum atomic E-state index is -1.39. The SMILES string of the molecule is CC(NC(=O)C(Cc1c[nH]c2ccccc12)NC(=O)C(Cc1ccccc1)NC(=O)C(N)CC(=O)O)C(=O)O. The van der Waals surface area contributed by atoms with E-state index in [1.54, 1.807) is 36.5 Å². The quantitative estimate of drug-likeness (QED) is 0.161. The van der Waals surface area contributed by atoms with Crippen molar-refractivity contribution in [3.63, 3.8) is 0 Å². The predicted molar refractivity (Wildman–Crippen MR) is 141 cm³/mol. The van der Waals surface area contributed by atoms with Crippen LogP contribution >= 0.6 is 0 Å². The monoisotopic (exact) mass is 537 g/mol. The lowest BCUT2D eigenvalue weighted by atomic mass is 10.0. The van der Waals surface area contributed by atoms with Crippen molar-refractivity contribution in [2.75, 3.05) is 0 Å². The van der Waals surface area contributed by atoms with Crippen molar-refractivity contribution in [1.29, 1.82) is 0 Å². The lowest BCUT2D eigenvalue weighted by Crippen LogP contribution is -2.58. The maximum Gasteiger partial charge on any atom is 0.325 e. The van der Waals surface area contributed by atoms with E-state index in [2.05, 4.69) is 20.9 Å². The number of carboxylic acids is 2. The van der Waals surface area contributed by atoms with Crippen LogP contribution in [0.2, 0.25) is 0 Å². The van der Waals surface area contributed by atoms with Crippen LogP contribution in [0.5, 0.6) is 0 Å². The molecule has 1 heterocycles. The lowest BCUT2D eigenvalue weighted by molar-refractivity contribution is -0.141. The Labute approximate surface area is 224 Å². The van der Waals surface area contributed by atoms with Crippen LogP contribution in [0.3, 0.4) is 0 Å². The Morgan fingerprint density at radius 3 is 2.08 bits per heavy atom. The van der Waals surface area contributed by atoms with Gasteiger partial charge < -0.3 is 36.9 Å². The van der Waals surface area contributed by atoms with E-state index < -0.39 is 60.2 Å². The molecule has 0 bridgehead atoms. The van der Waals surface area contributed by atoms with Crippen LogP contribution in [0.1, 0.15) is 24.5 Å². The van der Waals surface area contributed by atoms with Crippen LogP contribution in [0.25, 0.3) is 10.9 Å². The summed E-state index contributed by atoms with van der Waals surface area (Å²) in [7, 11) is 0. The van der Waals surface area contributed by atoms with Gasteiger partial charge in [0.05, 0.1) is 12.5 Å². The van der Waals surface area contributed by atoms with E-state index in [1.165, 1.54) is 6.92 Å². The maximum absolute atomic E-state index is 13.5. The third-order valence-corrected chi connectivity index (χ3v) is 6.11. The van der Waals surface area contributed by atoms with Gasteiger partial charge in [-0.3, -0.25) is 24.0 Å². The topological polar surface area (TPSA) is 204 Å². The van der Waals surface area contributed by atoms with Crippen molar-refractivity contribution in [2.24, 2.45) is 5.73 Å². The highest BCUT2D eigenvalue weighted by molar-refractivity contribution is 5.95. The molecular formula is C27H31N5O7. The molecule has 2 aromatic carbocycles. The molecule has 3 amide bonds.